The fraction of sp³-hybridized carbons (Fsp3) is 0.278. The molecular formula is C18H15F3N4O. The van der Waals surface area contributed by atoms with Crippen molar-refractivity contribution in [2.24, 2.45) is 0 Å². The minimum atomic E-state index is -0.960. The summed E-state index contributed by atoms with van der Waals surface area (Å²) in [6.07, 6.45) is 2.11. The smallest absolute Gasteiger partial charge is 0.244 e. The van der Waals surface area contributed by atoms with Gasteiger partial charge in [-0.3, -0.25) is 14.5 Å². The molecule has 4 rings (SSSR count). The van der Waals surface area contributed by atoms with Crippen LogP contribution in [0.15, 0.2) is 30.6 Å². The van der Waals surface area contributed by atoms with Gasteiger partial charge in [0.25, 0.3) is 0 Å². The molecule has 0 N–H and O–H groups in total. The molecule has 1 saturated heterocycles. The summed E-state index contributed by atoms with van der Waals surface area (Å²) in [4.78, 5) is 17.8. The number of benzene rings is 1. The minimum Gasteiger partial charge on any atom is -0.335 e. The number of aromatic nitrogens is 3. The van der Waals surface area contributed by atoms with Gasteiger partial charge in [0.1, 0.15) is 18.2 Å². The van der Waals surface area contributed by atoms with Crippen LogP contribution in [0.4, 0.5) is 13.2 Å². The maximum atomic E-state index is 13.7. The molecule has 1 aliphatic heterocycles. The second-order valence-electron chi connectivity index (χ2n) is 6.42. The zero-order chi connectivity index (χ0) is 18.4. The van der Waals surface area contributed by atoms with E-state index in [1.807, 2.05) is 0 Å². The van der Waals surface area contributed by atoms with Crippen LogP contribution in [-0.2, 0) is 11.3 Å². The topological polar surface area (TPSA) is 51.0 Å². The predicted molar refractivity (Wildman–Crippen MR) is 89.1 cm³/mol. The molecule has 134 valence electrons. The second-order valence-corrected chi connectivity index (χ2v) is 6.42. The Morgan fingerprint density at radius 3 is 2.65 bits per heavy atom. The Kier molecular flexibility index (Phi) is 3.90. The molecule has 26 heavy (non-hydrogen) atoms. The Hall–Kier alpha value is -2.90. The van der Waals surface area contributed by atoms with E-state index in [1.165, 1.54) is 28.8 Å². The summed E-state index contributed by atoms with van der Waals surface area (Å²) in [7, 11) is 0. The first-order valence-electron chi connectivity index (χ1n) is 8.12. The maximum absolute atomic E-state index is 13.7. The van der Waals surface area contributed by atoms with Crippen molar-refractivity contribution in [2.45, 2.75) is 19.6 Å². The Balaban J connectivity index is 1.67. The van der Waals surface area contributed by atoms with Crippen molar-refractivity contribution in [3.05, 3.63) is 47.8 Å². The van der Waals surface area contributed by atoms with Gasteiger partial charge in [-0.05, 0) is 36.2 Å². The van der Waals surface area contributed by atoms with E-state index < -0.39 is 17.8 Å². The summed E-state index contributed by atoms with van der Waals surface area (Å²) in [6, 6.07) is 4.37. The minimum absolute atomic E-state index is 0.0296. The van der Waals surface area contributed by atoms with Crippen LogP contribution in [0.25, 0.3) is 22.2 Å². The fourth-order valence-corrected chi connectivity index (χ4v) is 2.99. The van der Waals surface area contributed by atoms with Crippen molar-refractivity contribution < 1.29 is 18.0 Å². The van der Waals surface area contributed by atoms with Crippen molar-refractivity contribution in [1.29, 1.82) is 0 Å². The van der Waals surface area contributed by atoms with E-state index in [0.29, 0.717) is 22.2 Å². The number of hydrogen-bond donors (Lipinski definition) is 0. The molecule has 1 aliphatic rings. The fourth-order valence-electron chi connectivity index (χ4n) is 2.99. The highest BCUT2D eigenvalue weighted by molar-refractivity contribution is 5.83. The van der Waals surface area contributed by atoms with Crippen molar-refractivity contribution >= 4 is 16.9 Å². The number of alkyl halides is 1. The van der Waals surface area contributed by atoms with Crippen LogP contribution < -0.4 is 0 Å². The van der Waals surface area contributed by atoms with E-state index in [-0.39, 0.29) is 31.1 Å². The first kappa shape index (κ1) is 16.6. The van der Waals surface area contributed by atoms with Gasteiger partial charge in [0.15, 0.2) is 11.6 Å². The third kappa shape index (κ3) is 2.81. The summed E-state index contributed by atoms with van der Waals surface area (Å²) in [5.74, 6) is -2.03. The van der Waals surface area contributed by atoms with E-state index >= 15 is 0 Å². The lowest BCUT2D eigenvalue weighted by molar-refractivity contribution is -0.139. The average Bonchev–Trinajstić information content (AvgIpc) is 2.98. The van der Waals surface area contributed by atoms with Gasteiger partial charge in [0.05, 0.1) is 24.8 Å². The first-order chi connectivity index (χ1) is 12.4. The Bertz CT molecular complexity index is 988. The van der Waals surface area contributed by atoms with Gasteiger partial charge >= 0.3 is 0 Å². The molecule has 8 heteroatoms. The van der Waals surface area contributed by atoms with Gasteiger partial charge in [-0.25, -0.2) is 13.2 Å². The Morgan fingerprint density at radius 1 is 1.19 bits per heavy atom. The van der Waals surface area contributed by atoms with Crippen molar-refractivity contribution in [2.75, 3.05) is 13.1 Å². The van der Waals surface area contributed by atoms with Crippen LogP contribution in [0.3, 0.4) is 0 Å². The molecule has 0 saturated carbocycles. The number of hydrogen-bond acceptors (Lipinski definition) is 3. The van der Waals surface area contributed by atoms with E-state index in [1.54, 1.807) is 12.3 Å². The maximum Gasteiger partial charge on any atom is 0.244 e. The SMILES string of the molecule is Cc1cc(-c2cnc3cnn(CC(=O)N4CC(F)C4)c3c2)cc(F)c1F. The molecule has 0 bridgehead atoms. The summed E-state index contributed by atoms with van der Waals surface area (Å²) in [6.45, 7) is 1.67. The molecule has 5 nitrogen and oxygen atoms in total. The lowest BCUT2D eigenvalue weighted by Crippen LogP contribution is -2.52. The van der Waals surface area contributed by atoms with Gasteiger partial charge in [0, 0.05) is 11.8 Å². The summed E-state index contributed by atoms with van der Waals surface area (Å²) in [5, 5.41) is 4.16. The molecule has 3 aromatic rings. The van der Waals surface area contributed by atoms with Gasteiger partial charge in [0.2, 0.25) is 5.91 Å². The number of amides is 1. The third-order valence-corrected chi connectivity index (χ3v) is 4.51. The van der Waals surface area contributed by atoms with Crippen molar-refractivity contribution in [3.63, 3.8) is 0 Å². The van der Waals surface area contributed by atoms with Crippen LogP contribution >= 0.6 is 0 Å². The monoisotopic (exact) mass is 360 g/mol. The summed E-state index contributed by atoms with van der Waals surface area (Å²) >= 11 is 0. The number of likely N-dealkylation sites (tertiary alicyclic amines) is 1. The molecular weight excluding hydrogens is 345 g/mol. The van der Waals surface area contributed by atoms with Crippen LogP contribution in [-0.4, -0.2) is 44.8 Å². The highest BCUT2D eigenvalue weighted by Crippen LogP contribution is 2.26. The molecule has 1 amide bonds. The number of pyridine rings is 1. The molecule has 1 fully saturated rings. The zero-order valence-electron chi connectivity index (χ0n) is 13.9. The van der Waals surface area contributed by atoms with Crippen LogP contribution in [0.1, 0.15) is 5.56 Å². The van der Waals surface area contributed by atoms with Crippen molar-refractivity contribution in [3.8, 4) is 11.1 Å². The van der Waals surface area contributed by atoms with E-state index in [2.05, 4.69) is 10.1 Å². The first-order valence-corrected chi connectivity index (χ1v) is 8.12. The predicted octanol–water partition coefficient (Wildman–Crippen LogP) is 2.87. The average molecular weight is 360 g/mol. The lowest BCUT2D eigenvalue weighted by atomic mass is 10.0. The summed E-state index contributed by atoms with van der Waals surface area (Å²) < 4.78 is 41.6. The number of halogens is 3. The quantitative estimate of drug-likeness (QED) is 0.722. The van der Waals surface area contributed by atoms with Gasteiger partial charge in [-0.2, -0.15) is 5.10 Å². The van der Waals surface area contributed by atoms with Crippen LogP contribution in [0, 0.1) is 18.6 Å². The van der Waals surface area contributed by atoms with E-state index in [0.717, 1.165) is 6.07 Å². The number of carbonyl (C=O) groups excluding carboxylic acids is 1. The van der Waals surface area contributed by atoms with Crippen LogP contribution in [0.2, 0.25) is 0 Å². The van der Waals surface area contributed by atoms with E-state index in [9.17, 15) is 18.0 Å². The normalized spacial score (nSPS) is 14.7. The van der Waals surface area contributed by atoms with Crippen LogP contribution in [0.5, 0.6) is 0 Å². The molecule has 0 atom stereocenters. The van der Waals surface area contributed by atoms with Gasteiger partial charge in [-0.1, -0.05) is 0 Å². The third-order valence-electron chi connectivity index (χ3n) is 4.51. The summed E-state index contributed by atoms with van der Waals surface area (Å²) in [5.41, 5.74) is 2.44. The molecule has 0 spiro atoms. The highest BCUT2D eigenvalue weighted by Gasteiger charge is 2.30. The highest BCUT2D eigenvalue weighted by atomic mass is 19.2. The van der Waals surface area contributed by atoms with E-state index in [4.69, 9.17) is 0 Å². The lowest BCUT2D eigenvalue weighted by Gasteiger charge is -2.34. The number of carbonyl (C=O) groups is 1. The Morgan fingerprint density at radius 2 is 1.96 bits per heavy atom. The standard InChI is InChI=1S/C18H15F3N4O/c1-10-2-11(3-14(20)18(10)21)12-4-16-15(22-5-12)6-23-25(16)9-17(26)24-7-13(19)8-24/h2-6,13H,7-9H2,1H3. The number of nitrogens with zero attached hydrogens (tertiary/aromatic N) is 4. The van der Waals surface area contributed by atoms with Crippen molar-refractivity contribution in [1.82, 2.24) is 19.7 Å². The van der Waals surface area contributed by atoms with Gasteiger partial charge in [-0.15, -0.1) is 0 Å². The Labute approximate surface area is 147 Å². The largest absolute Gasteiger partial charge is 0.335 e. The number of rotatable bonds is 3. The zero-order valence-corrected chi connectivity index (χ0v) is 13.9. The van der Waals surface area contributed by atoms with Gasteiger partial charge < -0.3 is 4.90 Å². The number of fused-ring (bicyclic) bond motifs is 1. The molecule has 0 radical (unpaired) electrons. The second kappa shape index (κ2) is 6.12. The molecule has 2 aromatic heterocycles. The molecule has 3 heterocycles. The number of aryl methyl sites for hydroxylation is 1. The molecule has 0 aliphatic carbocycles. The molecule has 0 unspecified atom stereocenters. The molecule has 1 aromatic carbocycles.